The first-order valence-electron chi connectivity index (χ1n) is 11.6. The van der Waals surface area contributed by atoms with Gasteiger partial charge in [0.2, 0.25) is 0 Å². The lowest BCUT2D eigenvalue weighted by Gasteiger charge is -2.21. The number of hydrogen-bond acceptors (Lipinski definition) is 5. The van der Waals surface area contributed by atoms with Crippen LogP contribution in [0.15, 0.2) is 91.3 Å². The molecular weight excluding hydrogens is 452 g/mol. The molecule has 6 nitrogen and oxygen atoms in total. The van der Waals surface area contributed by atoms with Crippen molar-refractivity contribution in [2.24, 2.45) is 0 Å². The molecular formula is C30H28N2O4. The van der Waals surface area contributed by atoms with Gasteiger partial charge in [-0.2, -0.15) is 0 Å². The number of carbonyl (C=O) groups is 2. The summed E-state index contributed by atoms with van der Waals surface area (Å²) in [5.41, 5.74) is 3.66. The molecule has 1 aromatic heterocycles. The zero-order valence-corrected chi connectivity index (χ0v) is 20.7. The number of carbonyl (C=O) groups excluding carboxylic acids is 2. The molecule has 0 unspecified atom stereocenters. The van der Waals surface area contributed by atoms with Crippen molar-refractivity contribution < 1.29 is 19.1 Å². The highest BCUT2D eigenvalue weighted by molar-refractivity contribution is 6.09. The van der Waals surface area contributed by atoms with Gasteiger partial charge in [0.25, 0.3) is 5.91 Å². The Bertz CT molecular complexity index is 1390. The molecule has 1 N–H and O–H groups in total. The number of aromatic nitrogens is 1. The second-order valence-electron chi connectivity index (χ2n) is 9.24. The molecule has 1 heterocycles. The Morgan fingerprint density at radius 3 is 2.25 bits per heavy atom. The van der Waals surface area contributed by atoms with Gasteiger partial charge in [-0.15, -0.1) is 0 Å². The molecule has 36 heavy (non-hydrogen) atoms. The first-order valence-corrected chi connectivity index (χ1v) is 11.6. The van der Waals surface area contributed by atoms with Crippen LogP contribution in [0.3, 0.4) is 0 Å². The van der Waals surface area contributed by atoms with Gasteiger partial charge in [0.1, 0.15) is 11.4 Å². The van der Waals surface area contributed by atoms with Crippen molar-refractivity contribution >= 4 is 17.6 Å². The van der Waals surface area contributed by atoms with Crippen LogP contribution < -0.4 is 10.1 Å². The number of pyridine rings is 1. The number of rotatable bonds is 6. The van der Waals surface area contributed by atoms with Crippen molar-refractivity contribution in [1.29, 1.82) is 0 Å². The van der Waals surface area contributed by atoms with E-state index in [-0.39, 0.29) is 11.5 Å². The number of para-hydroxylation sites is 1. The van der Waals surface area contributed by atoms with Crippen LogP contribution in [0.4, 0.5) is 5.69 Å². The number of nitrogens with one attached hydrogen (secondary N) is 1. The number of methoxy groups -OCH3 is 1. The smallest absolute Gasteiger partial charge is 0.340 e. The Hall–Kier alpha value is -4.45. The molecule has 0 bridgehead atoms. The highest BCUT2D eigenvalue weighted by Gasteiger charge is 2.22. The molecule has 4 rings (SSSR count). The zero-order valence-electron chi connectivity index (χ0n) is 20.7. The molecule has 0 radical (unpaired) electrons. The maximum Gasteiger partial charge on any atom is 0.340 e. The first kappa shape index (κ1) is 24.7. The van der Waals surface area contributed by atoms with Gasteiger partial charge in [-0.1, -0.05) is 54.6 Å². The summed E-state index contributed by atoms with van der Waals surface area (Å²) in [6.07, 6.45) is 3.21. The summed E-state index contributed by atoms with van der Waals surface area (Å²) >= 11 is 0. The normalized spacial score (nSPS) is 11.0. The molecule has 0 atom stereocenters. The summed E-state index contributed by atoms with van der Waals surface area (Å²) in [6, 6.07) is 24.2. The Kier molecular flexibility index (Phi) is 7.15. The van der Waals surface area contributed by atoms with E-state index in [2.05, 4.69) is 10.3 Å². The minimum atomic E-state index is -0.687. The third-order valence-corrected chi connectivity index (χ3v) is 5.41. The van der Waals surface area contributed by atoms with Crippen molar-refractivity contribution in [3.63, 3.8) is 0 Å². The van der Waals surface area contributed by atoms with Crippen LogP contribution in [0.5, 0.6) is 5.75 Å². The first-order chi connectivity index (χ1) is 17.2. The topological polar surface area (TPSA) is 77.5 Å². The summed E-state index contributed by atoms with van der Waals surface area (Å²) in [5.74, 6) is -0.234. The fourth-order valence-corrected chi connectivity index (χ4v) is 3.76. The van der Waals surface area contributed by atoms with E-state index < -0.39 is 11.6 Å². The van der Waals surface area contributed by atoms with Crippen LogP contribution in [0.2, 0.25) is 0 Å². The highest BCUT2D eigenvalue weighted by atomic mass is 16.6. The van der Waals surface area contributed by atoms with Gasteiger partial charge in [-0.05, 0) is 56.2 Å². The molecule has 0 fully saturated rings. The van der Waals surface area contributed by atoms with E-state index >= 15 is 0 Å². The van der Waals surface area contributed by atoms with Gasteiger partial charge in [0.15, 0.2) is 0 Å². The number of ether oxygens (including phenoxy) is 2. The predicted molar refractivity (Wildman–Crippen MR) is 141 cm³/mol. The van der Waals surface area contributed by atoms with Crippen LogP contribution >= 0.6 is 0 Å². The predicted octanol–water partition coefficient (Wildman–Crippen LogP) is 6.63. The van der Waals surface area contributed by atoms with Gasteiger partial charge in [0, 0.05) is 23.5 Å². The maximum absolute atomic E-state index is 13.3. The van der Waals surface area contributed by atoms with E-state index in [1.807, 2.05) is 60.7 Å². The summed E-state index contributed by atoms with van der Waals surface area (Å²) in [7, 11) is 1.60. The molecule has 0 spiro atoms. The molecule has 0 saturated heterocycles. The van der Waals surface area contributed by atoms with Gasteiger partial charge >= 0.3 is 5.97 Å². The van der Waals surface area contributed by atoms with Gasteiger partial charge in [0.05, 0.1) is 23.9 Å². The average Bonchev–Trinajstić information content (AvgIpc) is 2.88. The van der Waals surface area contributed by atoms with E-state index in [0.29, 0.717) is 17.0 Å². The Balaban J connectivity index is 1.72. The fraction of sp³-hybridized carbons (Fsp3) is 0.167. The van der Waals surface area contributed by atoms with Crippen LogP contribution in [0.1, 0.15) is 41.5 Å². The molecule has 3 aromatic carbocycles. The third kappa shape index (κ3) is 5.78. The lowest BCUT2D eigenvalue weighted by Crippen LogP contribution is -2.25. The zero-order chi connectivity index (χ0) is 25.7. The SMILES string of the molecule is COc1ccccc1-c1ccc(C(=O)OC(C)(C)C)c(NC(=O)c2cncc(-c3ccccc3)c2)c1. The monoisotopic (exact) mass is 480 g/mol. The standard InChI is InChI=1S/C30H28N2O4/c1-30(2,3)36-29(34)25-15-14-21(24-12-8-9-13-27(24)35-4)17-26(25)32-28(33)23-16-22(18-31-19-23)20-10-6-5-7-11-20/h5-19H,1-4H3,(H,32,33). The minimum absolute atomic E-state index is 0.254. The Morgan fingerprint density at radius 1 is 0.806 bits per heavy atom. The number of hydrogen-bond donors (Lipinski definition) is 1. The van der Waals surface area contributed by atoms with Crippen molar-refractivity contribution in [3.05, 3.63) is 102 Å². The lowest BCUT2D eigenvalue weighted by atomic mass is 10.0. The number of anilines is 1. The molecule has 0 aliphatic heterocycles. The summed E-state index contributed by atoms with van der Waals surface area (Å²) < 4.78 is 11.1. The summed E-state index contributed by atoms with van der Waals surface area (Å²) in [4.78, 5) is 30.5. The number of esters is 1. The fourth-order valence-electron chi connectivity index (χ4n) is 3.76. The van der Waals surface area contributed by atoms with E-state index in [4.69, 9.17) is 9.47 Å². The second kappa shape index (κ2) is 10.4. The number of nitrogens with zero attached hydrogens (tertiary/aromatic N) is 1. The van der Waals surface area contributed by atoms with Crippen LogP contribution in [0, 0.1) is 0 Å². The largest absolute Gasteiger partial charge is 0.496 e. The summed E-state index contributed by atoms with van der Waals surface area (Å²) in [5, 5.41) is 2.90. The third-order valence-electron chi connectivity index (χ3n) is 5.41. The van der Waals surface area contributed by atoms with Gasteiger partial charge in [-0.25, -0.2) is 4.79 Å². The molecule has 0 aliphatic rings. The molecule has 0 aliphatic carbocycles. The Labute approximate surface area is 210 Å². The molecule has 4 aromatic rings. The van der Waals surface area contributed by atoms with Crippen molar-refractivity contribution in [2.45, 2.75) is 26.4 Å². The number of benzene rings is 3. The highest BCUT2D eigenvalue weighted by Crippen LogP contribution is 2.33. The lowest BCUT2D eigenvalue weighted by molar-refractivity contribution is 0.00708. The average molecular weight is 481 g/mol. The molecule has 6 heteroatoms. The second-order valence-corrected chi connectivity index (χ2v) is 9.24. The quantitative estimate of drug-likeness (QED) is 0.313. The van der Waals surface area contributed by atoms with Crippen molar-refractivity contribution in [2.75, 3.05) is 12.4 Å². The minimum Gasteiger partial charge on any atom is -0.496 e. The van der Waals surface area contributed by atoms with Crippen LogP contribution in [-0.2, 0) is 4.74 Å². The molecule has 1 amide bonds. The van der Waals surface area contributed by atoms with Gasteiger partial charge in [-0.3, -0.25) is 9.78 Å². The summed E-state index contributed by atoms with van der Waals surface area (Å²) in [6.45, 7) is 5.40. The number of amides is 1. The van der Waals surface area contributed by atoms with Crippen LogP contribution in [-0.4, -0.2) is 29.6 Å². The molecule has 182 valence electrons. The van der Waals surface area contributed by atoms with E-state index in [1.165, 1.54) is 6.20 Å². The Morgan fingerprint density at radius 2 is 1.53 bits per heavy atom. The van der Waals surface area contributed by atoms with Crippen molar-refractivity contribution in [3.8, 4) is 28.0 Å². The van der Waals surface area contributed by atoms with Gasteiger partial charge < -0.3 is 14.8 Å². The molecule has 0 saturated carbocycles. The van der Waals surface area contributed by atoms with E-state index in [1.54, 1.807) is 52.3 Å². The van der Waals surface area contributed by atoms with Crippen molar-refractivity contribution in [1.82, 2.24) is 4.98 Å². The van der Waals surface area contributed by atoms with E-state index in [9.17, 15) is 9.59 Å². The van der Waals surface area contributed by atoms with E-state index in [0.717, 1.165) is 22.3 Å². The maximum atomic E-state index is 13.3. The van der Waals surface area contributed by atoms with Crippen LogP contribution in [0.25, 0.3) is 22.3 Å².